The monoisotopic (exact) mass is 780 g/mol. The van der Waals surface area contributed by atoms with Gasteiger partial charge in [-0.3, -0.25) is 0 Å². The lowest BCUT2D eigenvalue weighted by atomic mass is 9.90. The molecule has 1 aliphatic heterocycles. The maximum absolute atomic E-state index is 5.38. The molecule has 10 aromatic rings. The minimum atomic E-state index is -0.431. The Kier molecular flexibility index (Phi) is 9.21. The molecule has 288 valence electrons. The fraction of sp³-hybridized carbons (Fsp3) is 0.0175. The molecule has 4 nitrogen and oxygen atoms in total. The molecule has 11 rings (SSSR count). The van der Waals surface area contributed by atoms with Gasteiger partial charge in [-0.15, -0.1) is 0 Å². The van der Waals surface area contributed by atoms with Crippen molar-refractivity contribution in [3.05, 3.63) is 247 Å². The molecule has 0 fully saturated rings. The summed E-state index contributed by atoms with van der Waals surface area (Å²) >= 11 is 0. The molecule has 0 saturated heterocycles. The van der Waals surface area contributed by atoms with Gasteiger partial charge in [0.15, 0.2) is 5.84 Å². The van der Waals surface area contributed by atoms with Gasteiger partial charge in [-0.1, -0.05) is 194 Å². The first-order chi connectivity index (χ1) is 30.2. The lowest BCUT2D eigenvalue weighted by Crippen LogP contribution is -2.33. The van der Waals surface area contributed by atoms with E-state index < -0.39 is 6.17 Å². The van der Waals surface area contributed by atoms with Crippen LogP contribution in [0.1, 0.15) is 22.9 Å². The summed E-state index contributed by atoms with van der Waals surface area (Å²) < 4.78 is 0. The Morgan fingerprint density at radius 3 is 1.30 bits per heavy atom. The summed E-state index contributed by atoms with van der Waals surface area (Å²) in [7, 11) is 0. The summed E-state index contributed by atoms with van der Waals surface area (Å²) in [5.74, 6) is 1.48. The fourth-order valence-electron chi connectivity index (χ4n) is 8.74. The molecule has 0 bridgehead atoms. The van der Waals surface area contributed by atoms with Gasteiger partial charge in [0.05, 0.1) is 5.69 Å². The van der Waals surface area contributed by atoms with Gasteiger partial charge >= 0.3 is 0 Å². The number of amidine groups is 2. The van der Waals surface area contributed by atoms with Crippen molar-refractivity contribution in [3.63, 3.8) is 0 Å². The predicted molar refractivity (Wildman–Crippen MR) is 256 cm³/mol. The van der Waals surface area contributed by atoms with E-state index in [1.165, 1.54) is 49.2 Å². The highest BCUT2D eigenvalue weighted by atomic mass is 15.2. The number of hydrogen-bond acceptors (Lipinski definition) is 4. The molecule has 1 N–H and O–H groups in total. The largest absolute Gasteiger partial charge is 0.344 e. The topological polar surface area (TPSA) is 40.0 Å². The summed E-state index contributed by atoms with van der Waals surface area (Å²) in [5, 5.41) is 10.9. The van der Waals surface area contributed by atoms with Crippen LogP contribution in [0.25, 0.3) is 54.6 Å². The van der Waals surface area contributed by atoms with Crippen LogP contribution in [0.5, 0.6) is 0 Å². The second kappa shape index (κ2) is 15.6. The minimum absolute atomic E-state index is 0.431. The average molecular weight is 781 g/mol. The molecule has 1 unspecified atom stereocenters. The zero-order chi connectivity index (χ0) is 40.5. The highest BCUT2D eigenvalue weighted by Crippen LogP contribution is 2.47. The van der Waals surface area contributed by atoms with Gasteiger partial charge in [-0.05, 0) is 91.1 Å². The standard InChI is InChI=1S/C57H40N4/c1-5-17-39(18-6-1)41-29-33-46(34-30-41)61(47-35-31-42(32-36-47)40-19-7-2-8-20-40)53-38-45(37-52-50-27-14-13-25-48(50)49-26-15-16-28-51(49)54(52)53)57-59-55(43-21-9-3-10-22-43)58-56(60-57)44-23-11-4-12-24-44/h1-38,57H,(H,58,59,60). The van der Waals surface area contributed by atoms with Crippen molar-refractivity contribution in [2.24, 2.45) is 9.98 Å². The smallest absolute Gasteiger partial charge is 0.159 e. The first kappa shape index (κ1) is 36.0. The van der Waals surface area contributed by atoms with Gasteiger partial charge in [0.2, 0.25) is 0 Å². The molecule has 1 atom stereocenters. The van der Waals surface area contributed by atoms with Crippen LogP contribution in [0.4, 0.5) is 17.1 Å². The first-order valence-electron chi connectivity index (χ1n) is 20.8. The number of fused-ring (bicyclic) bond motifs is 6. The number of nitrogens with one attached hydrogen (secondary N) is 1. The lowest BCUT2D eigenvalue weighted by molar-refractivity contribution is 0.675. The molecular weight excluding hydrogens is 741 g/mol. The van der Waals surface area contributed by atoms with Crippen molar-refractivity contribution in [2.75, 3.05) is 4.90 Å². The summed E-state index contributed by atoms with van der Waals surface area (Å²) in [4.78, 5) is 12.9. The predicted octanol–water partition coefficient (Wildman–Crippen LogP) is 14.4. The highest BCUT2D eigenvalue weighted by Gasteiger charge is 2.26. The summed E-state index contributed by atoms with van der Waals surface area (Å²) in [6.45, 7) is 0. The molecular formula is C57H40N4. The van der Waals surface area contributed by atoms with Gasteiger partial charge in [0, 0.05) is 27.9 Å². The van der Waals surface area contributed by atoms with Crippen molar-refractivity contribution >= 4 is 61.1 Å². The van der Waals surface area contributed by atoms with Crippen LogP contribution < -0.4 is 10.2 Å². The van der Waals surface area contributed by atoms with Crippen LogP contribution in [0, 0.1) is 0 Å². The van der Waals surface area contributed by atoms with E-state index >= 15 is 0 Å². The SMILES string of the molecule is c1ccc(C2=NC(c3cc(N(c4ccc(-c5ccccc5)cc4)c4ccc(-c5ccccc5)cc4)c4c5ccccc5c5ccccc5c4c3)NC(c3ccccc3)=N2)cc1. The Morgan fingerprint density at radius 2 is 0.770 bits per heavy atom. The summed E-state index contributed by atoms with van der Waals surface area (Å²) in [6.07, 6.45) is -0.431. The van der Waals surface area contributed by atoms with Crippen LogP contribution in [0.15, 0.2) is 241 Å². The Labute approximate surface area is 355 Å². The average Bonchev–Trinajstić information content (AvgIpc) is 3.35. The maximum atomic E-state index is 5.38. The van der Waals surface area contributed by atoms with Gasteiger partial charge in [-0.2, -0.15) is 0 Å². The van der Waals surface area contributed by atoms with Crippen molar-refractivity contribution < 1.29 is 0 Å². The van der Waals surface area contributed by atoms with E-state index in [0.29, 0.717) is 5.84 Å². The van der Waals surface area contributed by atoms with E-state index in [9.17, 15) is 0 Å². The molecule has 1 aliphatic rings. The van der Waals surface area contributed by atoms with E-state index in [1.54, 1.807) is 0 Å². The molecule has 0 radical (unpaired) electrons. The molecule has 0 spiro atoms. The third-order valence-corrected chi connectivity index (χ3v) is 11.7. The lowest BCUT2D eigenvalue weighted by Gasteiger charge is -2.30. The molecule has 10 aromatic carbocycles. The fourth-order valence-corrected chi connectivity index (χ4v) is 8.74. The van der Waals surface area contributed by atoms with Crippen molar-refractivity contribution in [3.8, 4) is 22.3 Å². The van der Waals surface area contributed by atoms with Crippen molar-refractivity contribution in [1.29, 1.82) is 0 Å². The van der Waals surface area contributed by atoms with E-state index in [2.05, 4.69) is 216 Å². The van der Waals surface area contributed by atoms with Gasteiger partial charge in [0.1, 0.15) is 12.0 Å². The Morgan fingerprint density at radius 1 is 0.361 bits per heavy atom. The first-order valence-corrected chi connectivity index (χ1v) is 20.8. The molecule has 61 heavy (non-hydrogen) atoms. The number of hydrogen-bond donors (Lipinski definition) is 1. The summed E-state index contributed by atoms with van der Waals surface area (Å²) in [5.41, 5.74) is 10.9. The third kappa shape index (κ3) is 6.80. The Hall–Kier alpha value is -8.08. The second-order valence-electron chi connectivity index (χ2n) is 15.4. The van der Waals surface area contributed by atoms with Crippen LogP contribution in [0.2, 0.25) is 0 Å². The van der Waals surface area contributed by atoms with Crippen LogP contribution in [-0.2, 0) is 0 Å². The molecule has 4 heteroatoms. The maximum Gasteiger partial charge on any atom is 0.159 e. The minimum Gasteiger partial charge on any atom is -0.344 e. The zero-order valence-corrected chi connectivity index (χ0v) is 33.4. The third-order valence-electron chi connectivity index (χ3n) is 11.7. The van der Waals surface area contributed by atoms with Gasteiger partial charge in [-0.25, -0.2) is 9.98 Å². The summed E-state index contributed by atoms with van der Waals surface area (Å²) in [6, 6.07) is 82.0. The normalized spacial score (nSPS) is 13.7. The van der Waals surface area contributed by atoms with E-state index in [1.807, 2.05) is 24.3 Å². The van der Waals surface area contributed by atoms with Crippen LogP contribution in [0.3, 0.4) is 0 Å². The second-order valence-corrected chi connectivity index (χ2v) is 15.4. The number of aliphatic imine (C=N–C) groups is 2. The molecule has 0 aliphatic carbocycles. The number of nitrogens with zero attached hydrogens (tertiary/aromatic N) is 3. The Bertz CT molecular complexity index is 3150. The zero-order valence-electron chi connectivity index (χ0n) is 33.4. The quantitative estimate of drug-likeness (QED) is 0.156. The van der Waals surface area contributed by atoms with Crippen LogP contribution >= 0.6 is 0 Å². The van der Waals surface area contributed by atoms with Crippen molar-refractivity contribution in [2.45, 2.75) is 6.17 Å². The molecule has 0 amide bonds. The van der Waals surface area contributed by atoms with E-state index in [-0.39, 0.29) is 0 Å². The number of rotatable bonds is 8. The molecule has 0 aromatic heterocycles. The van der Waals surface area contributed by atoms with Gasteiger partial charge in [0.25, 0.3) is 0 Å². The van der Waals surface area contributed by atoms with Crippen LogP contribution in [-0.4, -0.2) is 11.7 Å². The van der Waals surface area contributed by atoms with E-state index in [4.69, 9.17) is 9.98 Å². The number of benzene rings is 10. The highest BCUT2D eigenvalue weighted by molar-refractivity contribution is 6.29. The molecule has 0 saturated carbocycles. The van der Waals surface area contributed by atoms with Gasteiger partial charge < -0.3 is 10.2 Å². The van der Waals surface area contributed by atoms with Crippen molar-refractivity contribution in [1.82, 2.24) is 5.32 Å². The Balaban J connectivity index is 1.18. The molecule has 1 heterocycles. The number of anilines is 3. The van der Waals surface area contributed by atoms with E-state index in [0.717, 1.165) is 45.0 Å².